The molecule has 27 heavy (non-hydrogen) atoms. The average molecular weight is 420 g/mol. The monoisotopic (exact) mass is 419 g/mol. The lowest BCUT2D eigenvalue weighted by molar-refractivity contribution is -0.153. The Morgan fingerprint density at radius 1 is 1.15 bits per heavy atom. The standard InChI is InChI=1S/C16H9Cl2F4N4O/c17-11-2-1-3-12(15(11)18)26-14(23-24-25-26)7-9-6-10(19)4-5-13(9)27-8-16(20,21)22/h1-7H,8H2. The van der Waals surface area contributed by atoms with Crippen LogP contribution in [-0.2, 0) is 0 Å². The van der Waals surface area contributed by atoms with Crippen molar-refractivity contribution in [1.29, 1.82) is 0 Å². The molecule has 1 heterocycles. The highest BCUT2D eigenvalue weighted by Gasteiger charge is 2.29. The molecule has 0 unspecified atom stereocenters. The van der Waals surface area contributed by atoms with Gasteiger partial charge in [0.05, 0.1) is 22.2 Å². The molecular formula is C16H9Cl2F4N4O. The number of hydrogen-bond acceptors (Lipinski definition) is 4. The van der Waals surface area contributed by atoms with Crippen molar-refractivity contribution in [3.63, 3.8) is 0 Å². The zero-order valence-electron chi connectivity index (χ0n) is 13.2. The van der Waals surface area contributed by atoms with E-state index in [0.29, 0.717) is 5.69 Å². The summed E-state index contributed by atoms with van der Waals surface area (Å²) in [5.41, 5.74) is 0.364. The van der Waals surface area contributed by atoms with Gasteiger partial charge in [-0.05, 0) is 40.8 Å². The molecule has 0 amide bonds. The Kier molecular flexibility index (Phi) is 5.52. The molecule has 2 aromatic carbocycles. The van der Waals surface area contributed by atoms with Crippen molar-refractivity contribution in [3.05, 3.63) is 70.1 Å². The van der Waals surface area contributed by atoms with Crippen LogP contribution in [0.5, 0.6) is 5.75 Å². The molecule has 0 bridgehead atoms. The molecule has 0 saturated carbocycles. The van der Waals surface area contributed by atoms with Gasteiger partial charge in [0.25, 0.3) is 0 Å². The Labute approximate surface area is 160 Å². The second-order valence-corrected chi connectivity index (χ2v) is 6.04. The van der Waals surface area contributed by atoms with E-state index in [1.54, 1.807) is 18.2 Å². The van der Waals surface area contributed by atoms with Crippen LogP contribution in [0.2, 0.25) is 10.0 Å². The first-order chi connectivity index (χ1) is 12.7. The van der Waals surface area contributed by atoms with E-state index in [4.69, 9.17) is 27.9 Å². The molecule has 5 nitrogen and oxygen atoms in total. The SMILES string of the molecule is Fc1ccc(OCC(F)(F)F)c([CH]c2nnnn2-c2cccc(Cl)c2Cl)c1. The molecule has 0 aliphatic carbocycles. The van der Waals surface area contributed by atoms with E-state index in [2.05, 4.69) is 15.5 Å². The normalized spacial score (nSPS) is 11.6. The van der Waals surface area contributed by atoms with Crippen molar-refractivity contribution < 1.29 is 22.3 Å². The highest BCUT2D eigenvalue weighted by atomic mass is 35.5. The number of nitrogens with zero attached hydrogens (tertiary/aromatic N) is 4. The maximum absolute atomic E-state index is 13.6. The van der Waals surface area contributed by atoms with Crippen LogP contribution in [0.3, 0.4) is 0 Å². The van der Waals surface area contributed by atoms with Gasteiger partial charge in [-0.3, -0.25) is 0 Å². The zero-order chi connectivity index (χ0) is 19.6. The van der Waals surface area contributed by atoms with E-state index in [9.17, 15) is 17.6 Å². The van der Waals surface area contributed by atoms with Gasteiger partial charge in [-0.25, -0.2) is 4.39 Å². The summed E-state index contributed by atoms with van der Waals surface area (Å²) < 4.78 is 56.8. The number of benzene rings is 2. The fourth-order valence-electron chi connectivity index (χ4n) is 2.17. The van der Waals surface area contributed by atoms with E-state index in [1.807, 2.05) is 0 Å². The van der Waals surface area contributed by atoms with Crippen LogP contribution in [0.1, 0.15) is 11.4 Å². The van der Waals surface area contributed by atoms with Gasteiger partial charge in [0, 0.05) is 5.56 Å². The molecular weight excluding hydrogens is 411 g/mol. The maximum atomic E-state index is 13.6. The summed E-state index contributed by atoms with van der Waals surface area (Å²) in [4.78, 5) is 0. The smallest absolute Gasteiger partial charge is 0.422 e. The molecule has 0 aliphatic heterocycles. The average Bonchev–Trinajstić information content (AvgIpc) is 3.04. The highest BCUT2D eigenvalue weighted by molar-refractivity contribution is 6.43. The number of aromatic nitrogens is 4. The van der Waals surface area contributed by atoms with E-state index in [0.717, 1.165) is 18.2 Å². The zero-order valence-corrected chi connectivity index (χ0v) is 14.7. The number of halogens is 6. The van der Waals surface area contributed by atoms with Crippen LogP contribution in [-0.4, -0.2) is 33.0 Å². The van der Waals surface area contributed by atoms with Crippen LogP contribution in [0.15, 0.2) is 36.4 Å². The Balaban J connectivity index is 1.94. The third kappa shape index (κ3) is 4.67. The Bertz CT molecular complexity index is 962. The van der Waals surface area contributed by atoms with Crippen LogP contribution in [0.4, 0.5) is 17.6 Å². The van der Waals surface area contributed by atoms with Gasteiger partial charge >= 0.3 is 6.18 Å². The Hall–Kier alpha value is -2.39. The fourth-order valence-corrected chi connectivity index (χ4v) is 2.55. The van der Waals surface area contributed by atoms with Gasteiger partial charge in [0.15, 0.2) is 12.4 Å². The Morgan fingerprint density at radius 3 is 2.67 bits per heavy atom. The predicted molar refractivity (Wildman–Crippen MR) is 89.6 cm³/mol. The Morgan fingerprint density at radius 2 is 1.93 bits per heavy atom. The number of hydrogen-bond donors (Lipinski definition) is 0. The van der Waals surface area contributed by atoms with Crippen LogP contribution in [0, 0.1) is 12.2 Å². The minimum atomic E-state index is -4.54. The lowest BCUT2D eigenvalue weighted by atomic mass is 10.1. The van der Waals surface area contributed by atoms with Crippen molar-refractivity contribution in [2.24, 2.45) is 0 Å². The predicted octanol–water partition coefficient (Wildman–Crippen LogP) is 4.65. The summed E-state index contributed by atoms with van der Waals surface area (Å²) in [6, 6.07) is 7.86. The largest absolute Gasteiger partial charge is 0.484 e. The van der Waals surface area contributed by atoms with Crippen molar-refractivity contribution in [2.45, 2.75) is 6.18 Å². The van der Waals surface area contributed by atoms with Gasteiger partial charge < -0.3 is 4.74 Å². The second kappa shape index (κ2) is 7.69. The second-order valence-electron chi connectivity index (χ2n) is 5.25. The third-order valence-corrected chi connectivity index (χ3v) is 4.11. The fraction of sp³-hybridized carbons (Fsp3) is 0.125. The number of rotatable bonds is 5. The van der Waals surface area contributed by atoms with Gasteiger partial charge in [-0.1, -0.05) is 29.3 Å². The molecule has 11 heteroatoms. The van der Waals surface area contributed by atoms with Crippen LogP contribution >= 0.6 is 23.2 Å². The molecule has 1 radical (unpaired) electrons. The number of tetrazole rings is 1. The van der Waals surface area contributed by atoms with Gasteiger partial charge in [0.1, 0.15) is 11.6 Å². The van der Waals surface area contributed by atoms with E-state index >= 15 is 0 Å². The van der Waals surface area contributed by atoms with Crippen molar-refractivity contribution in [1.82, 2.24) is 20.2 Å². The van der Waals surface area contributed by atoms with Crippen molar-refractivity contribution in [2.75, 3.05) is 6.61 Å². The minimum Gasteiger partial charge on any atom is -0.484 e. The number of ether oxygens (including phenoxy) is 1. The molecule has 141 valence electrons. The molecule has 1 aromatic heterocycles. The first kappa shape index (κ1) is 19.4. The van der Waals surface area contributed by atoms with Crippen LogP contribution < -0.4 is 4.74 Å². The molecule has 3 aromatic rings. The molecule has 0 N–H and O–H groups in total. The summed E-state index contributed by atoms with van der Waals surface area (Å²) >= 11 is 12.1. The van der Waals surface area contributed by atoms with Crippen molar-refractivity contribution in [3.8, 4) is 11.4 Å². The highest BCUT2D eigenvalue weighted by Crippen LogP contribution is 2.30. The van der Waals surface area contributed by atoms with Crippen molar-refractivity contribution >= 4 is 23.2 Å². The lowest BCUT2D eigenvalue weighted by Gasteiger charge is -2.13. The summed E-state index contributed by atoms with van der Waals surface area (Å²) in [6.07, 6.45) is -3.27. The molecule has 0 aliphatic rings. The summed E-state index contributed by atoms with van der Waals surface area (Å²) in [6.45, 7) is -1.52. The third-order valence-electron chi connectivity index (χ3n) is 3.30. The summed E-state index contributed by atoms with van der Waals surface area (Å²) in [7, 11) is 0. The lowest BCUT2D eigenvalue weighted by Crippen LogP contribution is -2.19. The van der Waals surface area contributed by atoms with E-state index in [1.165, 1.54) is 11.1 Å². The molecule has 0 atom stereocenters. The van der Waals surface area contributed by atoms with Gasteiger partial charge in [-0.15, -0.1) is 5.10 Å². The van der Waals surface area contributed by atoms with Gasteiger partial charge in [-0.2, -0.15) is 17.9 Å². The molecule has 0 fully saturated rings. The van der Waals surface area contributed by atoms with E-state index in [-0.39, 0.29) is 27.2 Å². The first-order valence-electron chi connectivity index (χ1n) is 7.31. The number of alkyl halides is 3. The summed E-state index contributed by atoms with van der Waals surface area (Å²) in [5.74, 6) is -0.762. The molecule has 3 rings (SSSR count). The van der Waals surface area contributed by atoms with Crippen LogP contribution in [0.25, 0.3) is 5.69 Å². The molecule has 0 saturated heterocycles. The topological polar surface area (TPSA) is 52.8 Å². The van der Waals surface area contributed by atoms with Gasteiger partial charge in [0.2, 0.25) is 0 Å². The van der Waals surface area contributed by atoms with E-state index < -0.39 is 18.6 Å². The minimum absolute atomic E-state index is 0.0217. The quantitative estimate of drug-likeness (QED) is 0.564. The first-order valence-corrected chi connectivity index (χ1v) is 8.07. The summed E-state index contributed by atoms with van der Waals surface area (Å²) in [5, 5.41) is 11.5. The molecule has 0 spiro atoms. The maximum Gasteiger partial charge on any atom is 0.422 e.